The fourth-order valence-corrected chi connectivity index (χ4v) is 2.52. The minimum Gasteiger partial charge on any atom is -0.360 e. The Hall–Kier alpha value is -2.29. The molecular formula is C14H19N5O3S. The van der Waals surface area contributed by atoms with Crippen molar-refractivity contribution in [1.82, 2.24) is 14.9 Å². The summed E-state index contributed by atoms with van der Waals surface area (Å²) >= 11 is 1.24. The van der Waals surface area contributed by atoms with Gasteiger partial charge in [-0.05, 0) is 20.8 Å². The van der Waals surface area contributed by atoms with E-state index >= 15 is 0 Å². The molecule has 2 aromatic rings. The molecule has 0 fully saturated rings. The highest BCUT2D eigenvalue weighted by atomic mass is 32.2. The van der Waals surface area contributed by atoms with Gasteiger partial charge in [0, 0.05) is 19.2 Å². The molecule has 0 aromatic carbocycles. The molecule has 0 saturated heterocycles. The van der Waals surface area contributed by atoms with Crippen molar-refractivity contribution in [1.29, 1.82) is 0 Å². The van der Waals surface area contributed by atoms with E-state index in [-0.39, 0.29) is 17.6 Å². The standard InChI is InChI=1S/C14H19N5O3S/c1-8-5-12(19(4)17-8)16-13(20)7-23-10(3)14(21)15-11-6-9(2)22-18-11/h5-6,10H,7H2,1-4H3,(H,16,20)(H,15,18,21). The molecule has 124 valence electrons. The first-order valence-electron chi connectivity index (χ1n) is 7.01. The van der Waals surface area contributed by atoms with Crippen LogP contribution in [0.3, 0.4) is 0 Å². The van der Waals surface area contributed by atoms with Crippen LogP contribution >= 0.6 is 11.8 Å². The summed E-state index contributed by atoms with van der Waals surface area (Å²) in [5.74, 6) is 1.36. The lowest BCUT2D eigenvalue weighted by atomic mass is 10.4. The lowest BCUT2D eigenvalue weighted by molar-refractivity contribution is -0.115. The van der Waals surface area contributed by atoms with Gasteiger partial charge in [-0.25, -0.2) is 0 Å². The molecule has 8 nitrogen and oxygen atoms in total. The maximum Gasteiger partial charge on any atom is 0.238 e. The summed E-state index contributed by atoms with van der Waals surface area (Å²) in [4.78, 5) is 23.9. The van der Waals surface area contributed by atoms with Gasteiger partial charge in [0.25, 0.3) is 0 Å². The maximum absolute atomic E-state index is 12.0. The molecule has 9 heteroatoms. The third kappa shape index (κ3) is 4.85. The smallest absolute Gasteiger partial charge is 0.238 e. The van der Waals surface area contributed by atoms with Gasteiger partial charge in [0.05, 0.1) is 16.7 Å². The lowest BCUT2D eigenvalue weighted by Gasteiger charge is -2.10. The summed E-state index contributed by atoms with van der Waals surface area (Å²) in [6, 6.07) is 3.42. The molecule has 0 spiro atoms. The van der Waals surface area contributed by atoms with Crippen LogP contribution in [0.15, 0.2) is 16.7 Å². The highest BCUT2D eigenvalue weighted by Gasteiger charge is 2.17. The molecule has 1 unspecified atom stereocenters. The predicted octanol–water partition coefficient (Wildman–Crippen LogP) is 1.72. The number of anilines is 2. The van der Waals surface area contributed by atoms with Crippen LogP contribution in [0.4, 0.5) is 11.6 Å². The Kier molecular flexibility index (Phi) is 5.43. The van der Waals surface area contributed by atoms with Crippen LogP contribution in [0.2, 0.25) is 0 Å². The Bertz CT molecular complexity index is 709. The van der Waals surface area contributed by atoms with E-state index in [2.05, 4.69) is 20.9 Å². The molecule has 1 atom stereocenters. The van der Waals surface area contributed by atoms with Crippen molar-refractivity contribution < 1.29 is 14.1 Å². The van der Waals surface area contributed by atoms with Crippen LogP contribution in [-0.2, 0) is 16.6 Å². The molecule has 0 aliphatic heterocycles. The van der Waals surface area contributed by atoms with E-state index in [1.54, 1.807) is 37.7 Å². The van der Waals surface area contributed by atoms with Crippen molar-refractivity contribution in [2.24, 2.45) is 7.05 Å². The van der Waals surface area contributed by atoms with Crippen molar-refractivity contribution in [3.63, 3.8) is 0 Å². The van der Waals surface area contributed by atoms with E-state index in [0.717, 1.165) is 5.69 Å². The normalized spacial score (nSPS) is 12.0. The monoisotopic (exact) mass is 337 g/mol. The lowest BCUT2D eigenvalue weighted by Crippen LogP contribution is -2.25. The number of thioether (sulfide) groups is 1. The summed E-state index contributed by atoms with van der Waals surface area (Å²) in [6.07, 6.45) is 0. The Balaban J connectivity index is 1.79. The van der Waals surface area contributed by atoms with Crippen molar-refractivity contribution >= 4 is 35.2 Å². The fourth-order valence-electron chi connectivity index (χ4n) is 1.84. The molecule has 2 N–H and O–H groups in total. The summed E-state index contributed by atoms with van der Waals surface area (Å²) in [5.41, 5.74) is 0.825. The summed E-state index contributed by atoms with van der Waals surface area (Å²) < 4.78 is 6.48. The Morgan fingerprint density at radius 1 is 1.35 bits per heavy atom. The van der Waals surface area contributed by atoms with E-state index < -0.39 is 5.25 Å². The first-order valence-corrected chi connectivity index (χ1v) is 8.06. The number of hydrogen-bond donors (Lipinski definition) is 2. The van der Waals surface area contributed by atoms with Crippen molar-refractivity contribution in [3.05, 3.63) is 23.6 Å². The molecule has 2 heterocycles. The zero-order chi connectivity index (χ0) is 17.0. The minimum absolute atomic E-state index is 0.163. The number of carbonyl (C=O) groups excluding carboxylic acids is 2. The second-order valence-corrected chi connectivity index (χ2v) is 6.44. The molecule has 0 saturated carbocycles. The zero-order valence-corrected chi connectivity index (χ0v) is 14.2. The minimum atomic E-state index is -0.397. The average Bonchev–Trinajstić information content (AvgIpc) is 3.01. The van der Waals surface area contributed by atoms with E-state index in [0.29, 0.717) is 17.4 Å². The molecule has 2 aromatic heterocycles. The quantitative estimate of drug-likeness (QED) is 0.832. The van der Waals surface area contributed by atoms with Gasteiger partial charge in [-0.3, -0.25) is 14.3 Å². The molecule has 2 amide bonds. The molecular weight excluding hydrogens is 318 g/mol. The van der Waals surface area contributed by atoms with Gasteiger partial charge in [-0.1, -0.05) is 5.16 Å². The fraction of sp³-hybridized carbons (Fsp3) is 0.429. The van der Waals surface area contributed by atoms with Crippen molar-refractivity contribution in [3.8, 4) is 0 Å². The van der Waals surface area contributed by atoms with Crippen LogP contribution < -0.4 is 10.6 Å². The highest BCUT2D eigenvalue weighted by Crippen LogP contribution is 2.15. The number of hydrogen-bond acceptors (Lipinski definition) is 6. The van der Waals surface area contributed by atoms with Gasteiger partial charge >= 0.3 is 0 Å². The predicted molar refractivity (Wildman–Crippen MR) is 88.4 cm³/mol. The summed E-state index contributed by atoms with van der Waals surface area (Å²) in [7, 11) is 1.76. The number of nitrogens with zero attached hydrogens (tertiary/aromatic N) is 3. The first kappa shape index (κ1) is 17.1. The highest BCUT2D eigenvalue weighted by molar-refractivity contribution is 8.01. The third-order valence-corrected chi connectivity index (χ3v) is 4.13. The van der Waals surface area contributed by atoms with E-state index in [9.17, 15) is 9.59 Å². The molecule has 0 radical (unpaired) electrons. The summed E-state index contributed by atoms with van der Waals surface area (Å²) in [5, 5.41) is 12.8. The van der Waals surface area contributed by atoms with E-state index in [1.807, 2.05) is 6.92 Å². The van der Waals surface area contributed by atoms with E-state index in [1.165, 1.54) is 11.8 Å². The number of aryl methyl sites for hydroxylation is 3. The number of amides is 2. The maximum atomic E-state index is 12.0. The van der Waals surface area contributed by atoms with Gasteiger partial charge in [0.15, 0.2) is 5.82 Å². The van der Waals surface area contributed by atoms with Crippen LogP contribution in [-0.4, -0.2) is 37.8 Å². The molecule has 0 bridgehead atoms. The van der Waals surface area contributed by atoms with E-state index in [4.69, 9.17) is 4.52 Å². The Labute approximate surface area is 138 Å². The largest absolute Gasteiger partial charge is 0.360 e. The van der Waals surface area contributed by atoms with Crippen LogP contribution in [0.5, 0.6) is 0 Å². The van der Waals surface area contributed by atoms with Gasteiger partial charge in [0.2, 0.25) is 11.8 Å². The zero-order valence-electron chi connectivity index (χ0n) is 13.4. The van der Waals surface area contributed by atoms with Crippen molar-refractivity contribution in [2.45, 2.75) is 26.0 Å². The molecule has 0 aliphatic carbocycles. The molecule has 0 aliphatic rings. The number of rotatable bonds is 6. The van der Waals surface area contributed by atoms with Crippen LogP contribution in [0.25, 0.3) is 0 Å². The van der Waals surface area contributed by atoms with Gasteiger partial charge in [-0.2, -0.15) is 5.10 Å². The Morgan fingerprint density at radius 3 is 2.65 bits per heavy atom. The second-order valence-electron chi connectivity index (χ2n) is 5.11. The third-order valence-electron chi connectivity index (χ3n) is 2.98. The SMILES string of the molecule is Cc1cc(NC(=O)CSC(C)C(=O)Nc2cc(C)on2)n(C)n1. The topological polar surface area (TPSA) is 102 Å². The van der Waals surface area contributed by atoms with Crippen LogP contribution in [0, 0.1) is 13.8 Å². The molecule has 2 rings (SSSR count). The van der Waals surface area contributed by atoms with Crippen LogP contribution in [0.1, 0.15) is 18.4 Å². The van der Waals surface area contributed by atoms with Gasteiger partial charge in [-0.15, -0.1) is 11.8 Å². The van der Waals surface area contributed by atoms with Crippen molar-refractivity contribution in [2.75, 3.05) is 16.4 Å². The summed E-state index contributed by atoms with van der Waals surface area (Å²) in [6.45, 7) is 5.32. The average molecular weight is 337 g/mol. The second kappa shape index (κ2) is 7.32. The van der Waals surface area contributed by atoms with Gasteiger partial charge in [0.1, 0.15) is 11.6 Å². The molecule has 23 heavy (non-hydrogen) atoms. The number of aromatic nitrogens is 3. The van der Waals surface area contributed by atoms with Gasteiger partial charge < -0.3 is 15.2 Å². The number of nitrogens with one attached hydrogen (secondary N) is 2. The Morgan fingerprint density at radius 2 is 2.09 bits per heavy atom. The first-order chi connectivity index (χ1) is 10.8. The number of carbonyl (C=O) groups is 2.